The first-order valence-corrected chi connectivity index (χ1v) is 8.75. The van der Waals surface area contributed by atoms with Crippen molar-refractivity contribution in [2.75, 3.05) is 13.1 Å². The van der Waals surface area contributed by atoms with Crippen LogP contribution in [0.15, 0.2) is 53.3 Å². The number of carbonyl (C=O) groups is 2. The summed E-state index contributed by atoms with van der Waals surface area (Å²) < 4.78 is 4.99. The number of furan rings is 1. The monoisotopic (exact) mass is 342 g/mol. The van der Waals surface area contributed by atoms with Crippen molar-refractivity contribution in [2.24, 2.45) is 0 Å². The van der Waals surface area contributed by atoms with Crippen molar-refractivity contribution in [3.8, 4) is 0 Å². The molecule has 0 aliphatic carbocycles. The minimum Gasteiger partial charge on any atom is -0.472 e. The van der Waals surface area contributed by atoms with Crippen LogP contribution in [-0.4, -0.2) is 35.8 Å². The number of carbonyl (C=O) groups excluding carboxylic acids is 2. The van der Waals surface area contributed by atoms with Gasteiger partial charge in [-0.05, 0) is 31.4 Å². The zero-order valence-electron chi connectivity index (χ0n) is 14.9. The number of rotatable bonds is 9. The first-order chi connectivity index (χ1) is 12.1. The van der Waals surface area contributed by atoms with Crippen LogP contribution in [0.2, 0.25) is 0 Å². The Labute approximate surface area is 149 Å². The van der Waals surface area contributed by atoms with Crippen LogP contribution in [0.1, 0.15) is 42.6 Å². The van der Waals surface area contributed by atoms with Gasteiger partial charge in [0.15, 0.2) is 0 Å². The quantitative estimate of drug-likeness (QED) is 0.761. The Hall–Kier alpha value is -2.56. The summed E-state index contributed by atoms with van der Waals surface area (Å²) in [6.07, 6.45) is 4.85. The molecule has 0 bridgehead atoms. The van der Waals surface area contributed by atoms with E-state index in [2.05, 4.69) is 5.32 Å². The van der Waals surface area contributed by atoms with Crippen molar-refractivity contribution >= 4 is 11.8 Å². The summed E-state index contributed by atoms with van der Waals surface area (Å²) in [6.45, 7) is 5.02. The fraction of sp³-hybridized carbons (Fsp3) is 0.400. The van der Waals surface area contributed by atoms with Gasteiger partial charge in [-0.15, -0.1) is 0 Å². The van der Waals surface area contributed by atoms with Gasteiger partial charge in [0.05, 0.1) is 11.8 Å². The summed E-state index contributed by atoms with van der Waals surface area (Å²) in [6, 6.07) is 11.8. The molecule has 134 valence electrons. The number of nitrogens with zero attached hydrogens (tertiary/aromatic N) is 1. The second-order valence-corrected chi connectivity index (χ2v) is 6.10. The largest absolute Gasteiger partial charge is 0.472 e. The third-order valence-electron chi connectivity index (χ3n) is 4.31. The van der Waals surface area contributed by atoms with Gasteiger partial charge in [-0.3, -0.25) is 9.59 Å². The molecule has 1 N–H and O–H groups in total. The van der Waals surface area contributed by atoms with Gasteiger partial charge in [0, 0.05) is 25.6 Å². The van der Waals surface area contributed by atoms with Gasteiger partial charge >= 0.3 is 0 Å². The fourth-order valence-corrected chi connectivity index (χ4v) is 2.60. The van der Waals surface area contributed by atoms with Crippen molar-refractivity contribution in [3.05, 3.63) is 60.1 Å². The van der Waals surface area contributed by atoms with E-state index in [1.54, 1.807) is 11.0 Å². The van der Waals surface area contributed by atoms with Gasteiger partial charge in [-0.2, -0.15) is 0 Å². The van der Waals surface area contributed by atoms with Crippen molar-refractivity contribution < 1.29 is 14.0 Å². The summed E-state index contributed by atoms with van der Waals surface area (Å²) in [5.74, 6) is -0.135. The molecule has 2 aromatic rings. The summed E-state index contributed by atoms with van der Waals surface area (Å²) in [4.78, 5) is 26.4. The molecule has 0 spiro atoms. The lowest BCUT2D eigenvalue weighted by Crippen LogP contribution is -2.41. The molecule has 1 aromatic carbocycles. The van der Waals surface area contributed by atoms with E-state index >= 15 is 0 Å². The number of amides is 2. The Balaban J connectivity index is 1.81. The highest BCUT2D eigenvalue weighted by molar-refractivity contribution is 5.94. The molecule has 25 heavy (non-hydrogen) atoms. The molecule has 0 fully saturated rings. The van der Waals surface area contributed by atoms with E-state index < -0.39 is 0 Å². The van der Waals surface area contributed by atoms with E-state index in [1.807, 2.05) is 44.2 Å². The molecule has 0 unspecified atom stereocenters. The van der Waals surface area contributed by atoms with Crippen LogP contribution in [0, 0.1) is 0 Å². The predicted molar refractivity (Wildman–Crippen MR) is 97.3 cm³/mol. The lowest BCUT2D eigenvalue weighted by molar-refractivity contribution is -0.121. The summed E-state index contributed by atoms with van der Waals surface area (Å²) in [5.41, 5.74) is 1.71. The van der Waals surface area contributed by atoms with E-state index in [0.29, 0.717) is 25.1 Å². The third kappa shape index (κ3) is 5.78. The molecule has 0 saturated carbocycles. The number of benzene rings is 1. The van der Waals surface area contributed by atoms with Crippen LogP contribution < -0.4 is 5.32 Å². The standard InChI is InChI=1S/C20H26N2O3/c1-3-16(2)22(20(24)18-11-14-25-15-18)13-10-19(23)21-12-9-17-7-5-4-6-8-17/h4-8,11,14-16H,3,9-10,12-13H2,1-2H3,(H,21,23)/t16-/m1/s1. The molecule has 0 aliphatic rings. The first-order valence-electron chi connectivity index (χ1n) is 8.75. The second-order valence-electron chi connectivity index (χ2n) is 6.10. The van der Waals surface area contributed by atoms with Crippen LogP contribution in [0.25, 0.3) is 0 Å². The topological polar surface area (TPSA) is 62.6 Å². The van der Waals surface area contributed by atoms with Gasteiger partial charge in [0.25, 0.3) is 5.91 Å². The molecule has 0 saturated heterocycles. The van der Waals surface area contributed by atoms with E-state index in [0.717, 1.165) is 12.8 Å². The maximum absolute atomic E-state index is 12.6. The highest BCUT2D eigenvalue weighted by Crippen LogP contribution is 2.12. The molecule has 2 amide bonds. The molecule has 0 aliphatic heterocycles. The SMILES string of the molecule is CC[C@@H](C)N(CCC(=O)NCCc1ccccc1)C(=O)c1ccoc1. The molecular weight excluding hydrogens is 316 g/mol. The van der Waals surface area contributed by atoms with E-state index in [9.17, 15) is 9.59 Å². The molecule has 5 heteroatoms. The zero-order chi connectivity index (χ0) is 18.1. The lowest BCUT2D eigenvalue weighted by Gasteiger charge is -2.28. The molecule has 0 radical (unpaired) electrons. The molecule has 2 rings (SSSR count). The normalized spacial score (nSPS) is 11.8. The van der Waals surface area contributed by atoms with E-state index in [-0.39, 0.29) is 17.9 Å². The maximum atomic E-state index is 12.6. The Morgan fingerprint density at radius 3 is 2.60 bits per heavy atom. The summed E-state index contributed by atoms with van der Waals surface area (Å²) in [7, 11) is 0. The Kier molecular flexibility index (Phi) is 7.26. The minimum atomic E-state index is -0.0971. The molecule has 1 aromatic heterocycles. The van der Waals surface area contributed by atoms with Crippen molar-refractivity contribution in [3.63, 3.8) is 0 Å². The first kappa shape index (κ1) is 18.8. The van der Waals surface area contributed by atoms with Crippen molar-refractivity contribution in [1.82, 2.24) is 10.2 Å². The molecule has 1 heterocycles. The maximum Gasteiger partial charge on any atom is 0.257 e. The Morgan fingerprint density at radius 1 is 1.20 bits per heavy atom. The van der Waals surface area contributed by atoms with Crippen molar-refractivity contribution in [1.29, 1.82) is 0 Å². The predicted octanol–water partition coefficient (Wildman–Crippen LogP) is 3.27. The Bertz CT molecular complexity index is 653. The highest BCUT2D eigenvalue weighted by Gasteiger charge is 2.21. The summed E-state index contributed by atoms with van der Waals surface area (Å²) in [5, 5.41) is 2.92. The average molecular weight is 342 g/mol. The fourth-order valence-electron chi connectivity index (χ4n) is 2.60. The smallest absolute Gasteiger partial charge is 0.257 e. The number of hydrogen-bond donors (Lipinski definition) is 1. The summed E-state index contributed by atoms with van der Waals surface area (Å²) >= 11 is 0. The zero-order valence-corrected chi connectivity index (χ0v) is 14.9. The van der Waals surface area contributed by atoms with Crippen molar-refractivity contribution in [2.45, 2.75) is 39.2 Å². The van der Waals surface area contributed by atoms with Gasteiger partial charge in [-0.1, -0.05) is 37.3 Å². The third-order valence-corrected chi connectivity index (χ3v) is 4.31. The van der Waals surface area contributed by atoms with Crippen LogP contribution in [0.3, 0.4) is 0 Å². The van der Waals surface area contributed by atoms with Crippen LogP contribution in [0.4, 0.5) is 0 Å². The second kappa shape index (κ2) is 9.67. The minimum absolute atomic E-state index is 0.0378. The lowest BCUT2D eigenvalue weighted by atomic mass is 10.1. The molecule has 1 atom stereocenters. The molecular formula is C20H26N2O3. The average Bonchev–Trinajstić information content (AvgIpc) is 3.17. The Morgan fingerprint density at radius 2 is 1.96 bits per heavy atom. The van der Waals surface area contributed by atoms with Gasteiger partial charge in [-0.25, -0.2) is 0 Å². The van der Waals surface area contributed by atoms with Gasteiger partial charge in [0.1, 0.15) is 6.26 Å². The van der Waals surface area contributed by atoms with E-state index in [1.165, 1.54) is 18.1 Å². The van der Waals surface area contributed by atoms with Crippen LogP contribution in [-0.2, 0) is 11.2 Å². The van der Waals surface area contributed by atoms with E-state index in [4.69, 9.17) is 4.42 Å². The van der Waals surface area contributed by atoms with Crippen LogP contribution >= 0.6 is 0 Å². The highest BCUT2D eigenvalue weighted by atomic mass is 16.3. The van der Waals surface area contributed by atoms with Crippen LogP contribution in [0.5, 0.6) is 0 Å². The molecule has 5 nitrogen and oxygen atoms in total. The van der Waals surface area contributed by atoms with Gasteiger partial charge in [0.2, 0.25) is 5.91 Å². The number of nitrogens with one attached hydrogen (secondary N) is 1. The van der Waals surface area contributed by atoms with Gasteiger partial charge < -0.3 is 14.6 Å². The number of hydrogen-bond acceptors (Lipinski definition) is 3.